The van der Waals surface area contributed by atoms with Crippen LogP contribution >= 0.6 is 0 Å². The minimum Gasteiger partial charge on any atom is -0.403 e. The van der Waals surface area contributed by atoms with Gasteiger partial charge in [0.15, 0.2) is 11.6 Å². The highest BCUT2D eigenvalue weighted by atomic mass is 28.3. The van der Waals surface area contributed by atoms with E-state index in [0.717, 1.165) is 12.1 Å². The number of halogens is 4. The zero-order valence-corrected chi connectivity index (χ0v) is 16.1. The minimum absolute atomic E-state index is 0.313. The third kappa shape index (κ3) is 6.53. The first kappa shape index (κ1) is 20.6. The molecule has 6 heteroatoms. The summed E-state index contributed by atoms with van der Waals surface area (Å²) in [6.45, 7) is 4.75. The smallest absolute Gasteiger partial charge is 0.403 e. The van der Waals surface area contributed by atoms with Gasteiger partial charge in [-0.2, -0.15) is 0 Å². The van der Waals surface area contributed by atoms with Gasteiger partial charge in [-0.1, -0.05) is 55.9 Å². The van der Waals surface area contributed by atoms with Gasteiger partial charge in [0.25, 0.3) is 0 Å². The quantitative estimate of drug-likeness (QED) is 0.326. The Morgan fingerprint density at radius 3 is 2.54 bits per heavy atom. The van der Waals surface area contributed by atoms with Crippen LogP contribution < -0.4 is 4.74 Å². The van der Waals surface area contributed by atoms with E-state index >= 15 is 0 Å². The number of alkyl halides is 3. The summed E-state index contributed by atoms with van der Waals surface area (Å²) < 4.78 is 53.5. The maximum Gasteiger partial charge on any atom is 0.573 e. The lowest BCUT2D eigenvalue weighted by atomic mass is 10.0. The summed E-state index contributed by atoms with van der Waals surface area (Å²) in [5.41, 5.74) is 0.313. The van der Waals surface area contributed by atoms with Crippen molar-refractivity contribution in [2.24, 2.45) is 5.92 Å². The highest BCUT2D eigenvalue weighted by molar-refractivity contribution is 6.78. The molecule has 1 fully saturated rings. The third-order valence-electron chi connectivity index (χ3n) is 4.92. The molecule has 2 rings (SSSR count). The van der Waals surface area contributed by atoms with E-state index in [1.54, 1.807) is 6.08 Å². The molecule has 1 aromatic carbocycles. The number of benzene rings is 1. The van der Waals surface area contributed by atoms with Crippen molar-refractivity contribution in [2.75, 3.05) is 0 Å². The van der Waals surface area contributed by atoms with Crippen LogP contribution in [0.4, 0.5) is 17.6 Å². The van der Waals surface area contributed by atoms with Crippen molar-refractivity contribution in [1.82, 2.24) is 0 Å². The van der Waals surface area contributed by atoms with Gasteiger partial charge in [-0.15, -0.1) is 13.2 Å². The van der Waals surface area contributed by atoms with E-state index in [2.05, 4.69) is 36.1 Å². The highest BCUT2D eigenvalue weighted by Gasteiger charge is 2.32. The Morgan fingerprint density at radius 2 is 1.96 bits per heavy atom. The molecule has 1 nitrogen and oxygen atoms in total. The van der Waals surface area contributed by atoms with Crippen molar-refractivity contribution >= 4 is 8.07 Å². The normalized spacial score (nSPS) is 23.5. The summed E-state index contributed by atoms with van der Waals surface area (Å²) >= 11 is 0. The largest absolute Gasteiger partial charge is 0.573 e. The first-order valence-corrected chi connectivity index (χ1v) is 12.1. The van der Waals surface area contributed by atoms with Crippen LogP contribution in [-0.4, -0.2) is 14.4 Å². The van der Waals surface area contributed by atoms with Crippen molar-refractivity contribution in [3.8, 4) is 17.6 Å². The molecule has 0 aromatic heterocycles. The van der Waals surface area contributed by atoms with Gasteiger partial charge in [-0.25, -0.2) is 4.39 Å². The summed E-state index contributed by atoms with van der Waals surface area (Å²) in [6.07, 6.45) is 2.65. The molecule has 26 heavy (non-hydrogen) atoms. The first-order valence-electron chi connectivity index (χ1n) is 8.94. The number of rotatable bonds is 4. The topological polar surface area (TPSA) is 9.23 Å². The predicted molar refractivity (Wildman–Crippen MR) is 98.2 cm³/mol. The molecule has 142 valence electrons. The van der Waals surface area contributed by atoms with E-state index in [-0.39, 0.29) is 0 Å². The number of allylic oxidation sites excluding steroid dienone is 2. The third-order valence-corrected chi connectivity index (χ3v) is 9.62. The Labute approximate surface area is 153 Å². The number of ether oxygens (including phenoxy) is 1. The van der Waals surface area contributed by atoms with Crippen LogP contribution in [0.5, 0.6) is 5.75 Å². The molecule has 0 N–H and O–H groups in total. The standard InChI is InChI=1S/C20H24F4OSi/c1-3-12-26(2)13-10-16(11-14-26)6-4-5-7-17-8-9-19(18(21)15-17)25-20(22,23)24/h4,6,8-9,15-16H,3,10-14H2,1-2H3/b6-4+/t16-,26-. The molecule has 0 aliphatic carbocycles. The van der Waals surface area contributed by atoms with Crippen molar-refractivity contribution in [3.63, 3.8) is 0 Å². The monoisotopic (exact) mass is 384 g/mol. The average molecular weight is 384 g/mol. The van der Waals surface area contributed by atoms with Crippen LogP contribution in [0.1, 0.15) is 31.7 Å². The maximum absolute atomic E-state index is 13.6. The second-order valence-electron chi connectivity index (χ2n) is 7.22. The predicted octanol–water partition coefficient (Wildman–Crippen LogP) is 6.53. The van der Waals surface area contributed by atoms with Crippen LogP contribution in [0.25, 0.3) is 0 Å². The van der Waals surface area contributed by atoms with Gasteiger partial charge in [0.2, 0.25) is 0 Å². The summed E-state index contributed by atoms with van der Waals surface area (Å²) in [7, 11) is -1.01. The van der Waals surface area contributed by atoms with E-state index < -0.39 is 26.0 Å². The Morgan fingerprint density at radius 1 is 1.27 bits per heavy atom. The Bertz CT molecular complexity index is 692. The van der Waals surface area contributed by atoms with Crippen molar-refractivity contribution in [1.29, 1.82) is 0 Å². The summed E-state index contributed by atoms with van der Waals surface area (Å²) in [6, 6.07) is 7.32. The molecule has 1 heterocycles. The number of hydrogen-bond donors (Lipinski definition) is 0. The Hall–Kier alpha value is -1.74. The maximum atomic E-state index is 13.6. The molecule has 0 atom stereocenters. The zero-order valence-electron chi connectivity index (χ0n) is 15.1. The van der Waals surface area contributed by atoms with Crippen LogP contribution in [0.3, 0.4) is 0 Å². The minimum atomic E-state index is -4.91. The Balaban J connectivity index is 1.90. The highest BCUT2D eigenvalue weighted by Crippen LogP contribution is 2.36. The molecule has 0 unspecified atom stereocenters. The molecule has 0 bridgehead atoms. The van der Waals surface area contributed by atoms with E-state index in [0.29, 0.717) is 11.5 Å². The molecular weight excluding hydrogens is 360 g/mol. The van der Waals surface area contributed by atoms with E-state index in [4.69, 9.17) is 0 Å². The number of hydrogen-bond acceptors (Lipinski definition) is 1. The van der Waals surface area contributed by atoms with Crippen molar-refractivity contribution < 1.29 is 22.3 Å². The molecule has 0 amide bonds. The van der Waals surface area contributed by atoms with Crippen LogP contribution in [0, 0.1) is 23.6 Å². The first-order chi connectivity index (χ1) is 12.2. The summed E-state index contributed by atoms with van der Waals surface area (Å²) in [4.78, 5) is 0. The molecule has 0 radical (unpaired) electrons. The van der Waals surface area contributed by atoms with Crippen LogP contribution in [0.15, 0.2) is 30.4 Å². The van der Waals surface area contributed by atoms with Crippen LogP contribution in [0.2, 0.25) is 24.7 Å². The van der Waals surface area contributed by atoms with E-state index in [9.17, 15) is 17.6 Å². The van der Waals surface area contributed by atoms with Gasteiger partial charge >= 0.3 is 6.36 Å². The summed E-state index contributed by atoms with van der Waals surface area (Å²) in [5, 5.41) is 0. The van der Waals surface area contributed by atoms with Crippen LogP contribution in [-0.2, 0) is 0 Å². The molecule has 1 aliphatic rings. The summed E-state index contributed by atoms with van der Waals surface area (Å²) in [5.74, 6) is 4.20. The lowest BCUT2D eigenvalue weighted by Gasteiger charge is -2.34. The lowest BCUT2D eigenvalue weighted by molar-refractivity contribution is -0.275. The van der Waals surface area contributed by atoms with Gasteiger partial charge < -0.3 is 4.74 Å². The molecule has 1 aromatic rings. The molecule has 0 spiro atoms. The van der Waals surface area contributed by atoms with Gasteiger partial charge in [-0.05, 0) is 43.0 Å². The molecule has 1 aliphatic heterocycles. The fourth-order valence-corrected chi connectivity index (χ4v) is 7.57. The Kier molecular flexibility index (Phi) is 6.93. The van der Waals surface area contributed by atoms with Gasteiger partial charge in [-0.3, -0.25) is 0 Å². The molecule has 0 saturated carbocycles. The second kappa shape index (κ2) is 8.76. The second-order valence-corrected chi connectivity index (χ2v) is 12.3. The van der Waals surface area contributed by atoms with E-state index in [1.807, 2.05) is 0 Å². The zero-order chi connectivity index (χ0) is 19.2. The SMILES string of the molecule is CCC[Si@]1(C)CC[C@@H](/C=C/C#Cc2ccc(OC(F)(F)F)c(F)c2)CC1. The fraction of sp³-hybridized carbons (Fsp3) is 0.500. The van der Waals surface area contributed by atoms with Gasteiger partial charge in [0, 0.05) is 5.56 Å². The van der Waals surface area contributed by atoms with E-state index in [1.165, 1.54) is 43.5 Å². The van der Waals surface area contributed by atoms with Crippen molar-refractivity contribution in [3.05, 3.63) is 41.7 Å². The van der Waals surface area contributed by atoms with Crippen molar-refractivity contribution in [2.45, 2.75) is 57.2 Å². The average Bonchev–Trinajstić information content (AvgIpc) is 2.55. The molecule has 1 saturated heterocycles. The van der Waals surface area contributed by atoms with Gasteiger partial charge in [0.1, 0.15) is 0 Å². The lowest BCUT2D eigenvalue weighted by Crippen LogP contribution is -2.34. The molecular formula is C20H24F4OSi. The van der Waals surface area contributed by atoms with Gasteiger partial charge in [0.05, 0.1) is 8.07 Å². The fourth-order valence-electron chi connectivity index (χ4n) is 3.48.